The standard InChI is InChI=1S/C24H26N4O5S/c1-32-21-12-16-6-7-19(11-18(16)13-22(21)33-2)34(30,31)27-20-8-9-28(24(20)29)14-15-4-3-5-17(10-15)23(25)26/h3-7,10-13,20,27H,8-9,14H2,1-2H3,(H3,25,26)/t20-/m0/s1. The summed E-state index contributed by atoms with van der Waals surface area (Å²) in [7, 11) is -0.882. The van der Waals surface area contributed by atoms with E-state index in [2.05, 4.69) is 4.72 Å². The predicted octanol–water partition coefficient (Wildman–Crippen LogP) is 2.22. The van der Waals surface area contributed by atoms with Crippen LogP contribution >= 0.6 is 0 Å². The van der Waals surface area contributed by atoms with Crippen molar-refractivity contribution >= 4 is 32.5 Å². The summed E-state index contributed by atoms with van der Waals surface area (Å²) in [4.78, 5) is 14.6. The van der Waals surface area contributed by atoms with Crippen molar-refractivity contribution in [1.29, 1.82) is 5.41 Å². The molecule has 1 saturated heterocycles. The second-order valence-corrected chi connectivity index (χ2v) is 9.77. The van der Waals surface area contributed by atoms with E-state index in [1.807, 2.05) is 6.07 Å². The van der Waals surface area contributed by atoms with Gasteiger partial charge in [0.15, 0.2) is 11.5 Å². The van der Waals surface area contributed by atoms with Gasteiger partial charge in [-0.3, -0.25) is 10.2 Å². The number of amidine groups is 1. The van der Waals surface area contributed by atoms with E-state index in [1.165, 1.54) is 20.3 Å². The fraction of sp³-hybridized carbons (Fsp3) is 0.250. The molecule has 0 aliphatic carbocycles. The minimum atomic E-state index is -3.93. The van der Waals surface area contributed by atoms with E-state index in [-0.39, 0.29) is 16.6 Å². The number of nitrogen functional groups attached to an aromatic ring is 1. The van der Waals surface area contributed by atoms with Gasteiger partial charge in [0.1, 0.15) is 11.9 Å². The number of nitrogens with two attached hydrogens (primary N) is 1. The fourth-order valence-electron chi connectivity index (χ4n) is 4.04. The molecule has 0 aromatic heterocycles. The van der Waals surface area contributed by atoms with Crippen molar-refractivity contribution in [3.05, 3.63) is 65.7 Å². The largest absolute Gasteiger partial charge is 0.493 e. The fourth-order valence-corrected chi connectivity index (χ4v) is 5.30. The van der Waals surface area contributed by atoms with Crippen LogP contribution in [-0.2, 0) is 21.4 Å². The minimum Gasteiger partial charge on any atom is -0.493 e. The molecule has 1 aliphatic heterocycles. The molecule has 3 aromatic rings. The molecule has 34 heavy (non-hydrogen) atoms. The van der Waals surface area contributed by atoms with Crippen molar-refractivity contribution in [2.75, 3.05) is 20.8 Å². The molecule has 4 rings (SSSR count). The lowest BCUT2D eigenvalue weighted by atomic mass is 10.1. The van der Waals surface area contributed by atoms with E-state index in [4.69, 9.17) is 20.6 Å². The first-order valence-corrected chi connectivity index (χ1v) is 12.1. The topological polar surface area (TPSA) is 135 Å². The Hall–Kier alpha value is -3.63. The molecule has 0 radical (unpaired) electrons. The summed E-state index contributed by atoms with van der Waals surface area (Å²) in [6.45, 7) is 0.737. The third kappa shape index (κ3) is 4.68. The molecule has 0 bridgehead atoms. The van der Waals surface area contributed by atoms with Gasteiger partial charge in [0.05, 0.1) is 19.1 Å². The molecule has 178 valence electrons. The predicted molar refractivity (Wildman–Crippen MR) is 129 cm³/mol. The highest BCUT2D eigenvalue weighted by atomic mass is 32.2. The molecule has 1 aliphatic rings. The number of amides is 1. The number of nitrogens with zero attached hydrogens (tertiary/aromatic N) is 1. The molecule has 9 nitrogen and oxygen atoms in total. The molecule has 1 atom stereocenters. The molecule has 0 saturated carbocycles. The molecule has 10 heteroatoms. The summed E-state index contributed by atoms with van der Waals surface area (Å²) >= 11 is 0. The van der Waals surface area contributed by atoms with Crippen molar-refractivity contribution < 1.29 is 22.7 Å². The van der Waals surface area contributed by atoms with Crippen LogP contribution in [0.5, 0.6) is 11.5 Å². The second-order valence-electron chi connectivity index (χ2n) is 8.05. The van der Waals surface area contributed by atoms with Crippen LogP contribution in [0.15, 0.2) is 59.5 Å². The van der Waals surface area contributed by atoms with Crippen LogP contribution in [0, 0.1) is 5.41 Å². The molecule has 0 spiro atoms. The number of methoxy groups -OCH3 is 2. The number of fused-ring (bicyclic) bond motifs is 1. The SMILES string of the molecule is COc1cc2ccc(S(=O)(=O)N[C@H]3CCN(Cc4cccc(C(=N)N)c4)C3=O)cc2cc1OC. The highest BCUT2D eigenvalue weighted by Gasteiger charge is 2.35. The van der Waals surface area contributed by atoms with Crippen molar-refractivity contribution in [2.45, 2.75) is 23.9 Å². The zero-order valence-corrected chi connectivity index (χ0v) is 19.7. The number of benzene rings is 3. The van der Waals surface area contributed by atoms with Gasteiger partial charge in [-0.05, 0) is 53.1 Å². The quantitative estimate of drug-likeness (QED) is 0.333. The minimum absolute atomic E-state index is 0.0494. The molecule has 0 unspecified atom stereocenters. The van der Waals surface area contributed by atoms with Crippen LogP contribution in [0.25, 0.3) is 10.8 Å². The lowest BCUT2D eigenvalue weighted by Crippen LogP contribution is -2.41. The number of sulfonamides is 1. The number of nitrogens with one attached hydrogen (secondary N) is 2. The summed E-state index contributed by atoms with van der Waals surface area (Å²) in [6.07, 6.45) is 0.364. The van der Waals surface area contributed by atoms with Gasteiger partial charge in [-0.25, -0.2) is 8.42 Å². The van der Waals surface area contributed by atoms with Crippen LogP contribution < -0.4 is 19.9 Å². The molecular weight excluding hydrogens is 456 g/mol. The van der Waals surface area contributed by atoms with Gasteiger partial charge in [-0.2, -0.15) is 4.72 Å². The van der Waals surface area contributed by atoms with E-state index in [9.17, 15) is 13.2 Å². The molecule has 1 fully saturated rings. The van der Waals surface area contributed by atoms with Gasteiger partial charge >= 0.3 is 0 Å². The highest BCUT2D eigenvalue weighted by Crippen LogP contribution is 2.33. The zero-order chi connectivity index (χ0) is 24.5. The average molecular weight is 483 g/mol. The number of hydrogen-bond donors (Lipinski definition) is 3. The van der Waals surface area contributed by atoms with Crippen LogP contribution in [0.3, 0.4) is 0 Å². The highest BCUT2D eigenvalue weighted by molar-refractivity contribution is 7.89. The number of carbonyl (C=O) groups is 1. The smallest absolute Gasteiger partial charge is 0.241 e. The normalized spacial score (nSPS) is 16.1. The molecule has 4 N–H and O–H groups in total. The first-order chi connectivity index (χ1) is 16.2. The van der Waals surface area contributed by atoms with Crippen LogP contribution in [-0.4, -0.2) is 51.9 Å². The van der Waals surface area contributed by atoms with Crippen molar-refractivity contribution in [3.63, 3.8) is 0 Å². The molecular formula is C24H26N4O5S. The molecule has 3 aromatic carbocycles. The summed E-state index contributed by atoms with van der Waals surface area (Å²) in [5.74, 6) is 0.706. The Morgan fingerprint density at radius 2 is 1.79 bits per heavy atom. The Kier molecular flexibility index (Phi) is 6.45. The first kappa shape index (κ1) is 23.5. The van der Waals surface area contributed by atoms with Crippen molar-refractivity contribution in [1.82, 2.24) is 9.62 Å². The average Bonchev–Trinajstić information content (AvgIpc) is 3.16. The van der Waals surface area contributed by atoms with Gasteiger partial charge in [0.2, 0.25) is 15.9 Å². The number of likely N-dealkylation sites (tertiary alicyclic amines) is 1. The second kappa shape index (κ2) is 9.32. The zero-order valence-electron chi connectivity index (χ0n) is 18.9. The summed E-state index contributed by atoms with van der Waals surface area (Å²) in [5, 5.41) is 9.04. The summed E-state index contributed by atoms with van der Waals surface area (Å²) in [5.41, 5.74) is 6.94. The Balaban J connectivity index is 1.51. The maximum atomic E-state index is 13.1. The monoisotopic (exact) mass is 482 g/mol. The van der Waals surface area contributed by atoms with Gasteiger partial charge in [0.25, 0.3) is 0 Å². The lowest BCUT2D eigenvalue weighted by molar-refractivity contribution is -0.129. The van der Waals surface area contributed by atoms with Gasteiger partial charge < -0.3 is 20.1 Å². The van der Waals surface area contributed by atoms with E-state index >= 15 is 0 Å². The van der Waals surface area contributed by atoms with Crippen molar-refractivity contribution in [3.8, 4) is 11.5 Å². The maximum absolute atomic E-state index is 13.1. The number of hydrogen-bond acceptors (Lipinski definition) is 6. The summed E-state index contributed by atoms with van der Waals surface area (Å²) in [6, 6.07) is 14.5. The van der Waals surface area contributed by atoms with Crippen LogP contribution in [0.4, 0.5) is 0 Å². The van der Waals surface area contributed by atoms with Gasteiger partial charge in [0, 0.05) is 18.7 Å². The maximum Gasteiger partial charge on any atom is 0.241 e. The summed E-state index contributed by atoms with van der Waals surface area (Å²) < 4.78 is 39.3. The number of ether oxygens (including phenoxy) is 2. The lowest BCUT2D eigenvalue weighted by Gasteiger charge is -2.18. The third-order valence-electron chi connectivity index (χ3n) is 5.83. The Morgan fingerprint density at radius 1 is 1.09 bits per heavy atom. The number of carbonyl (C=O) groups excluding carboxylic acids is 1. The van der Waals surface area contributed by atoms with E-state index in [1.54, 1.807) is 47.4 Å². The molecule has 1 heterocycles. The number of rotatable bonds is 8. The Morgan fingerprint density at radius 3 is 2.47 bits per heavy atom. The molecule has 1 amide bonds. The van der Waals surface area contributed by atoms with E-state index in [0.717, 1.165) is 10.9 Å². The van der Waals surface area contributed by atoms with Gasteiger partial charge in [-0.15, -0.1) is 0 Å². The van der Waals surface area contributed by atoms with Crippen LogP contribution in [0.1, 0.15) is 17.5 Å². The van der Waals surface area contributed by atoms with Gasteiger partial charge in [-0.1, -0.05) is 24.3 Å². The Labute approximate surface area is 198 Å². The van der Waals surface area contributed by atoms with E-state index < -0.39 is 16.1 Å². The first-order valence-electron chi connectivity index (χ1n) is 10.6. The third-order valence-corrected chi connectivity index (χ3v) is 7.30. The van der Waals surface area contributed by atoms with Crippen LogP contribution in [0.2, 0.25) is 0 Å². The Bertz CT molecular complexity index is 1370. The van der Waals surface area contributed by atoms with E-state index in [0.29, 0.717) is 42.0 Å². The van der Waals surface area contributed by atoms with Crippen molar-refractivity contribution in [2.24, 2.45) is 5.73 Å².